The first kappa shape index (κ1) is 16.4. The maximum atomic E-state index is 12.3. The summed E-state index contributed by atoms with van der Waals surface area (Å²) in [6.45, 7) is 6.56. The average Bonchev–Trinajstić information content (AvgIpc) is 2.44. The van der Waals surface area contributed by atoms with Crippen LogP contribution in [0, 0.1) is 5.41 Å². The third-order valence-electron chi connectivity index (χ3n) is 3.56. The fraction of sp³-hybridized carbons (Fsp3) is 0.929. The second-order valence-corrected chi connectivity index (χ2v) is 5.19. The number of carbonyl (C=O) groups excluding carboxylic acids is 1. The maximum Gasteiger partial charge on any atom is 0.228 e. The van der Waals surface area contributed by atoms with Crippen LogP contribution in [-0.2, 0) is 14.3 Å². The number of piperidine rings is 1. The summed E-state index contributed by atoms with van der Waals surface area (Å²) in [5.41, 5.74) is -0.343. The lowest BCUT2D eigenvalue weighted by Crippen LogP contribution is -2.50. The molecular weight excluding hydrogens is 244 g/mol. The van der Waals surface area contributed by atoms with E-state index in [1.54, 1.807) is 7.11 Å². The number of ether oxygens (including phenoxy) is 2. The summed E-state index contributed by atoms with van der Waals surface area (Å²) < 4.78 is 10.6. The first-order valence-corrected chi connectivity index (χ1v) is 7.31. The summed E-state index contributed by atoms with van der Waals surface area (Å²) in [5, 5.41) is 6.32. The van der Waals surface area contributed by atoms with Crippen molar-refractivity contribution in [1.29, 1.82) is 0 Å². The van der Waals surface area contributed by atoms with Crippen LogP contribution < -0.4 is 10.6 Å². The predicted molar refractivity (Wildman–Crippen MR) is 75.1 cm³/mol. The van der Waals surface area contributed by atoms with Gasteiger partial charge < -0.3 is 20.1 Å². The molecule has 0 radical (unpaired) electrons. The molecule has 0 bridgehead atoms. The molecule has 1 heterocycles. The first-order chi connectivity index (χ1) is 9.25. The van der Waals surface area contributed by atoms with Gasteiger partial charge in [0.05, 0.1) is 12.0 Å². The summed E-state index contributed by atoms with van der Waals surface area (Å²) in [6, 6.07) is 0. The minimum absolute atomic E-state index is 0.131. The van der Waals surface area contributed by atoms with Crippen LogP contribution in [0.15, 0.2) is 0 Å². The monoisotopic (exact) mass is 272 g/mol. The fourth-order valence-electron chi connectivity index (χ4n) is 2.43. The van der Waals surface area contributed by atoms with Crippen molar-refractivity contribution >= 4 is 5.91 Å². The Morgan fingerprint density at radius 2 is 2.05 bits per heavy atom. The lowest BCUT2D eigenvalue weighted by Gasteiger charge is -2.35. The quantitative estimate of drug-likeness (QED) is 0.613. The Kier molecular flexibility index (Phi) is 8.02. The second kappa shape index (κ2) is 9.28. The molecule has 1 rings (SSSR count). The van der Waals surface area contributed by atoms with E-state index in [0.29, 0.717) is 19.8 Å². The van der Waals surface area contributed by atoms with E-state index in [2.05, 4.69) is 17.6 Å². The number of rotatable bonds is 9. The van der Waals surface area contributed by atoms with E-state index >= 15 is 0 Å². The zero-order valence-corrected chi connectivity index (χ0v) is 12.3. The van der Waals surface area contributed by atoms with Gasteiger partial charge in [-0.1, -0.05) is 6.92 Å². The van der Waals surface area contributed by atoms with Gasteiger partial charge in [-0.15, -0.1) is 0 Å². The van der Waals surface area contributed by atoms with Gasteiger partial charge in [0.2, 0.25) is 5.91 Å². The fourth-order valence-corrected chi connectivity index (χ4v) is 2.43. The molecule has 0 aromatic rings. The molecule has 112 valence electrons. The van der Waals surface area contributed by atoms with Gasteiger partial charge in [0.25, 0.3) is 0 Å². The molecule has 1 aliphatic rings. The summed E-state index contributed by atoms with van der Waals surface area (Å²) in [5.74, 6) is 0.131. The molecule has 0 aromatic carbocycles. The molecular formula is C14H28N2O3. The molecule has 2 N–H and O–H groups in total. The van der Waals surface area contributed by atoms with Crippen molar-refractivity contribution in [1.82, 2.24) is 10.6 Å². The van der Waals surface area contributed by atoms with Crippen LogP contribution in [0.1, 0.15) is 32.6 Å². The lowest BCUT2D eigenvalue weighted by molar-refractivity contribution is -0.136. The molecule has 5 heteroatoms. The van der Waals surface area contributed by atoms with Gasteiger partial charge in [-0.2, -0.15) is 0 Å². The molecule has 1 amide bonds. The van der Waals surface area contributed by atoms with Crippen LogP contribution in [0.4, 0.5) is 0 Å². The number of hydrogen-bond acceptors (Lipinski definition) is 4. The van der Waals surface area contributed by atoms with Gasteiger partial charge in [0.15, 0.2) is 0 Å². The SMILES string of the molecule is CCCOCCCNC(=O)C1(COC)CCNCC1. The summed E-state index contributed by atoms with van der Waals surface area (Å²) in [4.78, 5) is 12.3. The summed E-state index contributed by atoms with van der Waals surface area (Å²) in [6.07, 6.45) is 3.60. The molecule has 1 aliphatic heterocycles. The zero-order chi connectivity index (χ0) is 14.0. The Hall–Kier alpha value is -0.650. The molecule has 1 saturated heterocycles. The van der Waals surface area contributed by atoms with Crippen molar-refractivity contribution in [2.45, 2.75) is 32.6 Å². The topological polar surface area (TPSA) is 59.6 Å². The van der Waals surface area contributed by atoms with E-state index in [1.165, 1.54) is 0 Å². The highest BCUT2D eigenvalue weighted by atomic mass is 16.5. The van der Waals surface area contributed by atoms with Gasteiger partial charge in [0.1, 0.15) is 0 Å². The predicted octanol–water partition coefficient (Wildman–Crippen LogP) is 0.936. The second-order valence-electron chi connectivity index (χ2n) is 5.19. The van der Waals surface area contributed by atoms with E-state index in [9.17, 15) is 4.79 Å². The molecule has 1 fully saturated rings. The summed E-state index contributed by atoms with van der Waals surface area (Å²) in [7, 11) is 1.66. The highest BCUT2D eigenvalue weighted by molar-refractivity contribution is 5.82. The third-order valence-corrected chi connectivity index (χ3v) is 3.56. The van der Waals surface area contributed by atoms with E-state index in [1.807, 2.05) is 0 Å². The molecule has 0 atom stereocenters. The highest BCUT2D eigenvalue weighted by Crippen LogP contribution is 2.29. The Balaban J connectivity index is 2.28. The Bertz CT molecular complexity index is 248. The minimum Gasteiger partial charge on any atom is -0.384 e. The van der Waals surface area contributed by atoms with Crippen molar-refractivity contribution in [3.8, 4) is 0 Å². The van der Waals surface area contributed by atoms with Gasteiger partial charge in [0, 0.05) is 26.9 Å². The molecule has 0 spiro atoms. The number of nitrogens with one attached hydrogen (secondary N) is 2. The smallest absolute Gasteiger partial charge is 0.228 e. The standard InChI is InChI=1S/C14H28N2O3/c1-3-10-19-11-4-7-16-13(17)14(12-18-2)5-8-15-9-6-14/h15H,3-12H2,1-2H3,(H,16,17). The number of methoxy groups -OCH3 is 1. The average molecular weight is 272 g/mol. The van der Waals surface area contributed by atoms with Crippen LogP contribution in [0.2, 0.25) is 0 Å². The van der Waals surface area contributed by atoms with Gasteiger partial charge in [-0.05, 0) is 38.8 Å². The van der Waals surface area contributed by atoms with Gasteiger partial charge in [-0.3, -0.25) is 4.79 Å². The van der Waals surface area contributed by atoms with Gasteiger partial charge in [-0.25, -0.2) is 0 Å². The van der Waals surface area contributed by atoms with E-state index in [0.717, 1.165) is 45.4 Å². The molecule has 0 unspecified atom stereocenters. The van der Waals surface area contributed by atoms with Crippen molar-refractivity contribution in [2.75, 3.05) is 46.6 Å². The molecule has 0 saturated carbocycles. The van der Waals surface area contributed by atoms with Crippen molar-refractivity contribution < 1.29 is 14.3 Å². The normalized spacial score (nSPS) is 18.2. The van der Waals surface area contributed by atoms with E-state index < -0.39 is 0 Å². The lowest BCUT2D eigenvalue weighted by atomic mass is 9.78. The maximum absolute atomic E-state index is 12.3. The van der Waals surface area contributed by atoms with Crippen molar-refractivity contribution in [3.05, 3.63) is 0 Å². The molecule has 5 nitrogen and oxygen atoms in total. The van der Waals surface area contributed by atoms with Crippen LogP contribution in [0.3, 0.4) is 0 Å². The third kappa shape index (κ3) is 5.47. The Morgan fingerprint density at radius 1 is 1.32 bits per heavy atom. The first-order valence-electron chi connectivity index (χ1n) is 7.31. The minimum atomic E-state index is -0.343. The van der Waals surface area contributed by atoms with E-state index in [-0.39, 0.29) is 11.3 Å². The zero-order valence-electron chi connectivity index (χ0n) is 12.3. The number of hydrogen-bond donors (Lipinski definition) is 2. The highest BCUT2D eigenvalue weighted by Gasteiger charge is 2.39. The van der Waals surface area contributed by atoms with Crippen molar-refractivity contribution in [3.63, 3.8) is 0 Å². The summed E-state index contributed by atoms with van der Waals surface area (Å²) >= 11 is 0. The molecule has 0 aliphatic carbocycles. The van der Waals surface area contributed by atoms with Crippen LogP contribution >= 0.6 is 0 Å². The van der Waals surface area contributed by atoms with Crippen molar-refractivity contribution in [2.24, 2.45) is 5.41 Å². The van der Waals surface area contributed by atoms with Crippen LogP contribution in [-0.4, -0.2) is 52.5 Å². The van der Waals surface area contributed by atoms with Gasteiger partial charge >= 0.3 is 0 Å². The van der Waals surface area contributed by atoms with E-state index in [4.69, 9.17) is 9.47 Å². The Morgan fingerprint density at radius 3 is 2.68 bits per heavy atom. The number of amides is 1. The molecule has 19 heavy (non-hydrogen) atoms. The molecule has 0 aromatic heterocycles. The van der Waals surface area contributed by atoms with Crippen LogP contribution in [0.25, 0.3) is 0 Å². The van der Waals surface area contributed by atoms with Crippen LogP contribution in [0.5, 0.6) is 0 Å². The number of carbonyl (C=O) groups is 1. The Labute approximate surface area is 116 Å². The largest absolute Gasteiger partial charge is 0.384 e.